The Labute approximate surface area is 120 Å². The average Bonchev–Trinajstić information content (AvgIpc) is 2.48. The molecule has 1 heterocycles. The van der Waals surface area contributed by atoms with Gasteiger partial charge in [0.15, 0.2) is 0 Å². The molecule has 0 saturated carbocycles. The topological polar surface area (TPSA) is 54.0 Å². The molecule has 0 aromatic heterocycles. The van der Waals surface area contributed by atoms with E-state index < -0.39 is 6.10 Å². The monoisotopic (exact) mass is 280 g/mol. The number of likely N-dealkylation sites (N-methyl/N-ethyl adjacent to an activating group) is 1. The van der Waals surface area contributed by atoms with E-state index in [0.29, 0.717) is 6.54 Å². The van der Waals surface area contributed by atoms with Crippen LogP contribution in [0.2, 0.25) is 0 Å². The van der Waals surface area contributed by atoms with E-state index in [-0.39, 0.29) is 6.10 Å². The highest BCUT2D eigenvalue weighted by Crippen LogP contribution is 2.19. The van der Waals surface area contributed by atoms with Crippen LogP contribution in [0.25, 0.3) is 0 Å². The molecule has 1 saturated heterocycles. The van der Waals surface area contributed by atoms with Crippen LogP contribution in [0.15, 0.2) is 24.3 Å². The van der Waals surface area contributed by atoms with Crippen molar-refractivity contribution in [3.05, 3.63) is 29.8 Å². The molecule has 0 spiro atoms. The maximum atomic E-state index is 10.3. The van der Waals surface area contributed by atoms with E-state index in [1.165, 1.54) is 0 Å². The third kappa shape index (κ3) is 4.45. The lowest BCUT2D eigenvalue weighted by Gasteiger charge is -2.29. The van der Waals surface area contributed by atoms with Gasteiger partial charge in [0.25, 0.3) is 0 Å². The third-order valence-electron chi connectivity index (χ3n) is 3.48. The summed E-state index contributed by atoms with van der Waals surface area (Å²) in [6.45, 7) is 3.95. The maximum Gasteiger partial charge on any atom is 0.119 e. The van der Waals surface area contributed by atoms with Gasteiger partial charge in [-0.25, -0.2) is 0 Å². The lowest BCUT2D eigenvalue weighted by atomic mass is 10.1. The molecule has 2 N–H and O–H groups in total. The van der Waals surface area contributed by atoms with Gasteiger partial charge in [-0.05, 0) is 24.7 Å². The van der Waals surface area contributed by atoms with Crippen LogP contribution in [-0.4, -0.2) is 63.1 Å². The third-order valence-corrected chi connectivity index (χ3v) is 3.48. The van der Waals surface area contributed by atoms with Gasteiger partial charge in [-0.1, -0.05) is 12.1 Å². The SMILES string of the molecule is COc1cccc(C(O)CN(C)CC2CNCCO2)c1. The molecule has 0 aliphatic carbocycles. The largest absolute Gasteiger partial charge is 0.497 e. The van der Waals surface area contributed by atoms with Crippen molar-refractivity contribution >= 4 is 0 Å². The molecule has 2 unspecified atom stereocenters. The molecule has 0 radical (unpaired) electrons. The molecule has 1 aromatic carbocycles. The number of aliphatic hydroxyl groups excluding tert-OH is 1. The molecule has 1 aliphatic rings. The second-order valence-electron chi connectivity index (χ2n) is 5.21. The summed E-state index contributed by atoms with van der Waals surface area (Å²) in [5, 5.41) is 13.6. The Hall–Kier alpha value is -1.14. The first-order valence-electron chi connectivity index (χ1n) is 7.02. The van der Waals surface area contributed by atoms with Crippen molar-refractivity contribution in [2.75, 3.05) is 46.9 Å². The number of rotatable bonds is 6. The number of morpholine rings is 1. The van der Waals surface area contributed by atoms with Crippen molar-refractivity contribution in [3.8, 4) is 5.75 Å². The summed E-state index contributed by atoms with van der Waals surface area (Å²) in [7, 11) is 3.63. The van der Waals surface area contributed by atoms with E-state index in [0.717, 1.165) is 37.6 Å². The van der Waals surface area contributed by atoms with Crippen molar-refractivity contribution in [1.82, 2.24) is 10.2 Å². The van der Waals surface area contributed by atoms with Gasteiger partial charge in [-0.3, -0.25) is 0 Å². The predicted octanol–water partition coefficient (Wildman–Crippen LogP) is 0.649. The number of nitrogens with zero attached hydrogens (tertiary/aromatic N) is 1. The van der Waals surface area contributed by atoms with Crippen LogP contribution in [0.4, 0.5) is 0 Å². The molecule has 0 bridgehead atoms. The zero-order valence-electron chi connectivity index (χ0n) is 12.2. The highest BCUT2D eigenvalue weighted by Gasteiger charge is 2.18. The Morgan fingerprint density at radius 2 is 2.40 bits per heavy atom. The smallest absolute Gasteiger partial charge is 0.119 e. The van der Waals surface area contributed by atoms with Gasteiger partial charge in [0.1, 0.15) is 5.75 Å². The van der Waals surface area contributed by atoms with Crippen LogP contribution in [0.1, 0.15) is 11.7 Å². The lowest BCUT2D eigenvalue weighted by Crippen LogP contribution is -2.45. The van der Waals surface area contributed by atoms with E-state index in [2.05, 4.69) is 10.2 Å². The van der Waals surface area contributed by atoms with E-state index >= 15 is 0 Å². The Kier molecular flexibility index (Phi) is 5.79. The van der Waals surface area contributed by atoms with Gasteiger partial charge in [-0.15, -0.1) is 0 Å². The van der Waals surface area contributed by atoms with Gasteiger partial charge in [0, 0.05) is 26.2 Å². The van der Waals surface area contributed by atoms with Crippen LogP contribution in [-0.2, 0) is 4.74 Å². The predicted molar refractivity (Wildman–Crippen MR) is 78.1 cm³/mol. The Bertz CT molecular complexity index is 408. The quantitative estimate of drug-likeness (QED) is 0.801. The van der Waals surface area contributed by atoms with Crippen LogP contribution in [0, 0.1) is 0 Å². The first-order valence-corrected chi connectivity index (χ1v) is 7.02. The number of benzene rings is 1. The molecule has 112 valence electrons. The van der Waals surface area contributed by atoms with Crippen molar-refractivity contribution in [1.29, 1.82) is 0 Å². The summed E-state index contributed by atoms with van der Waals surface area (Å²) in [6.07, 6.45) is -0.321. The number of aliphatic hydroxyl groups is 1. The highest BCUT2D eigenvalue weighted by molar-refractivity contribution is 5.29. The summed E-state index contributed by atoms with van der Waals surface area (Å²) in [6, 6.07) is 7.56. The van der Waals surface area contributed by atoms with Crippen molar-refractivity contribution in [2.45, 2.75) is 12.2 Å². The number of hydrogen-bond donors (Lipinski definition) is 2. The van der Waals surface area contributed by atoms with E-state index in [9.17, 15) is 5.11 Å². The molecule has 1 aliphatic heterocycles. The number of methoxy groups -OCH3 is 1. The minimum absolute atomic E-state index is 0.200. The Morgan fingerprint density at radius 1 is 1.55 bits per heavy atom. The first-order chi connectivity index (χ1) is 9.69. The summed E-state index contributed by atoms with van der Waals surface area (Å²) in [5.41, 5.74) is 0.874. The van der Waals surface area contributed by atoms with Crippen LogP contribution in [0.5, 0.6) is 5.75 Å². The zero-order chi connectivity index (χ0) is 14.4. The zero-order valence-corrected chi connectivity index (χ0v) is 12.2. The van der Waals surface area contributed by atoms with Crippen molar-refractivity contribution in [3.63, 3.8) is 0 Å². The molecule has 1 fully saturated rings. The fraction of sp³-hybridized carbons (Fsp3) is 0.600. The van der Waals surface area contributed by atoms with Gasteiger partial charge in [0.2, 0.25) is 0 Å². The minimum Gasteiger partial charge on any atom is -0.497 e. The van der Waals surface area contributed by atoms with Crippen molar-refractivity contribution < 1.29 is 14.6 Å². The van der Waals surface area contributed by atoms with Crippen LogP contribution < -0.4 is 10.1 Å². The molecule has 2 rings (SSSR count). The summed E-state index contributed by atoms with van der Waals surface area (Å²) in [5.74, 6) is 0.768. The van der Waals surface area contributed by atoms with E-state index in [4.69, 9.17) is 9.47 Å². The van der Waals surface area contributed by atoms with Gasteiger partial charge >= 0.3 is 0 Å². The first kappa shape index (κ1) is 15.3. The lowest BCUT2D eigenvalue weighted by molar-refractivity contribution is 0.00255. The summed E-state index contributed by atoms with van der Waals surface area (Å²) in [4.78, 5) is 2.10. The molecule has 5 nitrogen and oxygen atoms in total. The van der Waals surface area contributed by atoms with Crippen LogP contribution in [0.3, 0.4) is 0 Å². The van der Waals surface area contributed by atoms with Gasteiger partial charge in [-0.2, -0.15) is 0 Å². The molecule has 20 heavy (non-hydrogen) atoms. The van der Waals surface area contributed by atoms with Crippen LogP contribution >= 0.6 is 0 Å². The number of nitrogens with one attached hydrogen (secondary N) is 1. The minimum atomic E-state index is -0.522. The molecular weight excluding hydrogens is 256 g/mol. The highest BCUT2D eigenvalue weighted by atomic mass is 16.5. The molecule has 0 amide bonds. The van der Waals surface area contributed by atoms with Gasteiger partial charge in [0.05, 0.1) is 25.9 Å². The fourth-order valence-corrected chi connectivity index (χ4v) is 2.41. The standard InChI is InChI=1S/C15H24N2O3/c1-17(10-14-9-16-6-7-20-14)11-15(18)12-4-3-5-13(8-12)19-2/h3-5,8,14-16,18H,6-7,9-11H2,1-2H3. The average molecular weight is 280 g/mol. The van der Waals surface area contributed by atoms with E-state index in [1.54, 1.807) is 7.11 Å². The second kappa shape index (κ2) is 7.59. The maximum absolute atomic E-state index is 10.3. The molecular formula is C15H24N2O3. The summed E-state index contributed by atoms with van der Waals surface area (Å²) < 4.78 is 10.8. The summed E-state index contributed by atoms with van der Waals surface area (Å²) >= 11 is 0. The van der Waals surface area contributed by atoms with Crippen molar-refractivity contribution in [2.24, 2.45) is 0 Å². The fourth-order valence-electron chi connectivity index (χ4n) is 2.41. The molecule has 1 aromatic rings. The Balaban J connectivity index is 1.84. The normalized spacial score (nSPS) is 20.9. The van der Waals surface area contributed by atoms with E-state index in [1.807, 2.05) is 31.3 Å². The Morgan fingerprint density at radius 3 is 3.10 bits per heavy atom. The second-order valence-corrected chi connectivity index (χ2v) is 5.21. The number of ether oxygens (including phenoxy) is 2. The molecule has 2 atom stereocenters. The molecule has 5 heteroatoms. The number of hydrogen-bond acceptors (Lipinski definition) is 5. The van der Waals surface area contributed by atoms with Gasteiger partial charge < -0.3 is 24.8 Å².